The fraction of sp³-hybridized carbons (Fsp3) is 0.474. The fourth-order valence-electron chi connectivity index (χ4n) is 1.70. The van der Waals surface area contributed by atoms with Crippen LogP contribution in [0.1, 0.15) is 38.8 Å². The molecule has 0 saturated carbocycles. The zero-order valence-corrected chi connectivity index (χ0v) is 14.6. The SMILES string of the molecule is CC(C)OCCc1cccnc1.CC(C)OCc1ccncc1. The van der Waals surface area contributed by atoms with Gasteiger partial charge in [0.25, 0.3) is 0 Å². The van der Waals surface area contributed by atoms with Crippen LogP contribution in [-0.4, -0.2) is 28.8 Å². The van der Waals surface area contributed by atoms with Gasteiger partial charge in [-0.05, 0) is 63.4 Å². The Morgan fingerprint density at radius 1 is 0.826 bits per heavy atom. The highest BCUT2D eigenvalue weighted by Crippen LogP contribution is 2.01. The summed E-state index contributed by atoms with van der Waals surface area (Å²) < 4.78 is 10.8. The van der Waals surface area contributed by atoms with Gasteiger partial charge in [-0.15, -0.1) is 0 Å². The maximum atomic E-state index is 5.42. The van der Waals surface area contributed by atoms with Crippen LogP contribution in [0.15, 0.2) is 49.1 Å². The molecule has 2 heterocycles. The van der Waals surface area contributed by atoms with E-state index in [0.29, 0.717) is 18.8 Å². The molecule has 0 N–H and O–H groups in total. The smallest absolute Gasteiger partial charge is 0.0721 e. The van der Waals surface area contributed by atoms with Crippen LogP contribution >= 0.6 is 0 Å². The number of nitrogens with zero attached hydrogens (tertiary/aromatic N) is 2. The molecule has 0 spiro atoms. The van der Waals surface area contributed by atoms with Crippen molar-refractivity contribution < 1.29 is 9.47 Å². The van der Waals surface area contributed by atoms with Crippen molar-refractivity contribution in [3.8, 4) is 0 Å². The van der Waals surface area contributed by atoms with Crippen molar-refractivity contribution in [2.75, 3.05) is 6.61 Å². The van der Waals surface area contributed by atoms with Gasteiger partial charge in [-0.1, -0.05) is 6.07 Å². The number of pyridine rings is 2. The van der Waals surface area contributed by atoms with Gasteiger partial charge in [0.15, 0.2) is 0 Å². The predicted octanol–water partition coefficient (Wildman–Crippen LogP) is 4.06. The standard InChI is InChI=1S/C10H15NO.C9H13NO/c1-9(2)12-7-5-10-4-3-6-11-8-10;1-8(2)11-7-9-3-5-10-6-4-9/h3-4,6,8-9H,5,7H2,1-2H3;3-6,8H,7H2,1-2H3. The molecule has 0 bridgehead atoms. The lowest BCUT2D eigenvalue weighted by molar-refractivity contribution is 0.0656. The Labute approximate surface area is 139 Å². The summed E-state index contributed by atoms with van der Waals surface area (Å²) in [6.07, 6.45) is 8.78. The summed E-state index contributed by atoms with van der Waals surface area (Å²) in [5, 5.41) is 0. The molecular formula is C19H28N2O2. The summed E-state index contributed by atoms with van der Waals surface area (Å²) in [5.74, 6) is 0. The van der Waals surface area contributed by atoms with Gasteiger partial charge in [-0.25, -0.2) is 0 Å². The Hall–Kier alpha value is -1.78. The molecule has 0 fully saturated rings. The zero-order chi connectivity index (χ0) is 16.9. The molecular weight excluding hydrogens is 288 g/mol. The van der Waals surface area contributed by atoms with E-state index in [1.165, 1.54) is 11.1 Å². The lowest BCUT2D eigenvalue weighted by Crippen LogP contribution is -2.05. The molecule has 0 aromatic carbocycles. The van der Waals surface area contributed by atoms with Crippen LogP contribution in [0.3, 0.4) is 0 Å². The normalized spacial score (nSPS) is 10.5. The minimum Gasteiger partial charge on any atom is -0.378 e. The van der Waals surface area contributed by atoms with Crippen molar-refractivity contribution >= 4 is 0 Å². The first-order valence-electron chi connectivity index (χ1n) is 8.09. The van der Waals surface area contributed by atoms with Gasteiger partial charge in [0.2, 0.25) is 0 Å². The second-order valence-electron chi connectivity index (χ2n) is 5.75. The molecule has 2 aromatic heterocycles. The fourth-order valence-corrected chi connectivity index (χ4v) is 1.70. The maximum absolute atomic E-state index is 5.42. The van der Waals surface area contributed by atoms with E-state index in [1.54, 1.807) is 18.6 Å². The first-order valence-corrected chi connectivity index (χ1v) is 8.09. The zero-order valence-electron chi connectivity index (χ0n) is 14.6. The van der Waals surface area contributed by atoms with E-state index in [-0.39, 0.29) is 0 Å². The summed E-state index contributed by atoms with van der Waals surface area (Å²) in [6.45, 7) is 9.61. The van der Waals surface area contributed by atoms with Crippen LogP contribution in [0.5, 0.6) is 0 Å². The van der Waals surface area contributed by atoms with Gasteiger partial charge in [-0.2, -0.15) is 0 Å². The molecule has 23 heavy (non-hydrogen) atoms. The molecule has 2 aromatic rings. The van der Waals surface area contributed by atoms with Crippen molar-refractivity contribution in [1.82, 2.24) is 9.97 Å². The van der Waals surface area contributed by atoms with Gasteiger partial charge in [0.05, 0.1) is 25.4 Å². The van der Waals surface area contributed by atoms with Gasteiger partial charge in [-0.3, -0.25) is 9.97 Å². The third kappa shape index (κ3) is 10.6. The van der Waals surface area contributed by atoms with Crippen molar-refractivity contribution in [1.29, 1.82) is 0 Å². The first-order chi connectivity index (χ1) is 11.1. The van der Waals surface area contributed by atoms with Crippen LogP contribution < -0.4 is 0 Å². The summed E-state index contributed by atoms with van der Waals surface area (Å²) >= 11 is 0. The second kappa shape index (κ2) is 11.7. The molecule has 0 aliphatic heterocycles. The highest BCUT2D eigenvalue weighted by Gasteiger charge is 1.95. The van der Waals surface area contributed by atoms with E-state index in [0.717, 1.165) is 13.0 Å². The molecule has 0 unspecified atom stereocenters. The molecule has 4 nitrogen and oxygen atoms in total. The van der Waals surface area contributed by atoms with Crippen molar-refractivity contribution in [3.63, 3.8) is 0 Å². The largest absolute Gasteiger partial charge is 0.378 e. The average molecular weight is 316 g/mol. The Balaban J connectivity index is 0.000000231. The first kappa shape index (κ1) is 19.3. The predicted molar refractivity (Wildman–Crippen MR) is 93.2 cm³/mol. The van der Waals surface area contributed by atoms with Gasteiger partial charge < -0.3 is 9.47 Å². The summed E-state index contributed by atoms with van der Waals surface area (Å²) in [7, 11) is 0. The van der Waals surface area contributed by atoms with Crippen LogP contribution in [0.2, 0.25) is 0 Å². The van der Waals surface area contributed by atoms with E-state index in [2.05, 4.69) is 16.0 Å². The van der Waals surface area contributed by atoms with Crippen LogP contribution in [0, 0.1) is 0 Å². The van der Waals surface area contributed by atoms with Crippen LogP contribution in [-0.2, 0) is 22.5 Å². The summed E-state index contributed by atoms with van der Waals surface area (Å²) in [4.78, 5) is 7.94. The second-order valence-corrected chi connectivity index (χ2v) is 5.75. The van der Waals surface area contributed by atoms with E-state index in [1.807, 2.05) is 52.1 Å². The van der Waals surface area contributed by atoms with Gasteiger partial charge >= 0.3 is 0 Å². The molecule has 4 heteroatoms. The number of aromatic nitrogens is 2. The number of ether oxygens (including phenoxy) is 2. The molecule has 0 aliphatic carbocycles. The Kier molecular flexibility index (Phi) is 9.84. The number of hydrogen-bond donors (Lipinski definition) is 0. The van der Waals surface area contributed by atoms with Gasteiger partial charge in [0.1, 0.15) is 0 Å². The quantitative estimate of drug-likeness (QED) is 0.773. The summed E-state index contributed by atoms with van der Waals surface area (Å²) in [6, 6.07) is 7.94. The van der Waals surface area contributed by atoms with Crippen LogP contribution in [0.4, 0.5) is 0 Å². The third-order valence-electron chi connectivity index (χ3n) is 2.90. The van der Waals surface area contributed by atoms with E-state index in [4.69, 9.17) is 9.47 Å². The molecule has 0 saturated heterocycles. The topological polar surface area (TPSA) is 44.2 Å². The minimum atomic E-state index is 0.295. The highest BCUT2D eigenvalue weighted by atomic mass is 16.5. The van der Waals surface area contributed by atoms with E-state index < -0.39 is 0 Å². The lowest BCUT2D eigenvalue weighted by Gasteiger charge is -2.06. The van der Waals surface area contributed by atoms with E-state index in [9.17, 15) is 0 Å². The molecule has 126 valence electrons. The lowest BCUT2D eigenvalue weighted by atomic mass is 10.2. The van der Waals surface area contributed by atoms with Gasteiger partial charge in [0, 0.05) is 24.8 Å². The number of hydrogen-bond acceptors (Lipinski definition) is 4. The minimum absolute atomic E-state index is 0.295. The number of rotatable bonds is 7. The Morgan fingerprint density at radius 3 is 2.09 bits per heavy atom. The molecule has 2 rings (SSSR count). The maximum Gasteiger partial charge on any atom is 0.0721 e. The summed E-state index contributed by atoms with van der Waals surface area (Å²) in [5.41, 5.74) is 2.41. The Morgan fingerprint density at radius 2 is 1.52 bits per heavy atom. The molecule has 0 radical (unpaired) electrons. The monoisotopic (exact) mass is 316 g/mol. The molecule has 0 aliphatic rings. The Bertz CT molecular complexity index is 501. The van der Waals surface area contributed by atoms with Crippen molar-refractivity contribution in [3.05, 3.63) is 60.2 Å². The highest BCUT2D eigenvalue weighted by molar-refractivity contribution is 5.08. The molecule has 0 atom stereocenters. The molecule has 0 amide bonds. The van der Waals surface area contributed by atoms with Crippen molar-refractivity contribution in [2.24, 2.45) is 0 Å². The average Bonchev–Trinajstić information content (AvgIpc) is 2.55. The third-order valence-corrected chi connectivity index (χ3v) is 2.90. The van der Waals surface area contributed by atoms with E-state index >= 15 is 0 Å². The van der Waals surface area contributed by atoms with Crippen LogP contribution in [0.25, 0.3) is 0 Å². The van der Waals surface area contributed by atoms with Crippen molar-refractivity contribution in [2.45, 2.75) is 52.9 Å².